The summed E-state index contributed by atoms with van der Waals surface area (Å²) in [6.45, 7) is 9.31. The molecule has 182 valence electrons. The van der Waals surface area contributed by atoms with Crippen LogP contribution in [0.25, 0.3) is 5.57 Å². The van der Waals surface area contributed by atoms with Crippen molar-refractivity contribution in [3.8, 4) is 11.5 Å². The van der Waals surface area contributed by atoms with Gasteiger partial charge in [-0.3, -0.25) is 24.1 Å². The minimum Gasteiger partial charge on any atom is -0.457 e. The second-order valence-electron chi connectivity index (χ2n) is 8.94. The number of nitrogens with zero attached hydrogens (tertiary/aromatic N) is 2. The number of fused-ring (bicyclic) bond motifs is 1. The number of carbonyl (C=O) groups is 4. The zero-order valence-corrected chi connectivity index (χ0v) is 20.6. The number of benzene rings is 3. The molecule has 0 saturated heterocycles. The lowest BCUT2D eigenvalue weighted by Gasteiger charge is -2.19. The summed E-state index contributed by atoms with van der Waals surface area (Å²) in [5.74, 6) is -0.165. The van der Waals surface area contributed by atoms with Crippen molar-refractivity contribution >= 4 is 35.3 Å². The van der Waals surface area contributed by atoms with E-state index in [9.17, 15) is 19.2 Å². The van der Waals surface area contributed by atoms with Crippen LogP contribution in [0, 0.1) is 0 Å². The van der Waals surface area contributed by atoms with E-state index in [0.717, 1.165) is 16.0 Å². The van der Waals surface area contributed by atoms with E-state index in [4.69, 9.17) is 4.74 Å². The molecule has 7 nitrogen and oxygen atoms in total. The number of carbonyl (C=O) groups excluding carboxylic acids is 4. The van der Waals surface area contributed by atoms with Gasteiger partial charge in [-0.1, -0.05) is 24.3 Å². The summed E-state index contributed by atoms with van der Waals surface area (Å²) in [6.07, 6.45) is 0.521. The monoisotopic (exact) mass is 482 g/mol. The minimum absolute atomic E-state index is 0.0514. The molecule has 0 fully saturated rings. The van der Waals surface area contributed by atoms with Gasteiger partial charge in [-0.15, -0.1) is 0 Å². The van der Waals surface area contributed by atoms with Crippen LogP contribution in [0.5, 0.6) is 11.5 Å². The van der Waals surface area contributed by atoms with E-state index in [1.54, 1.807) is 45.2 Å². The van der Waals surface area contributed by atoms with Crippen molar-refractivity contribution in [1.29, 1.82) is 0 Å². The molecule has 0 atom stereocenters. The highest BCUT2D eigenvalue weighted by atomic mass is 16.5. The maximum Gasteiger partial charge on any atom is 0.261 e. The highest BCUT2D eigenvalue weighted by molar-refractivity contribution is 6.23. The van der Waals surface area contributed by atoms with E-state index in [-0.39, 0.29) is 28.3 Å². The van der Waals surface area contributed by atoms with Crippen LogP contribution >= 0.6 is 0 Å². The molecule has 0 aromatic heterocycles. The first-order chi connectivity index (χ1) is 17.1. The molecule has 3 amide bonds. The van der Waals surface area contributed by atoms with Crippen molar-refractivity contribution in [3.63, 3.8) is 0 Å². The van der Waals surface area contributed by atoms with Gasteiger partial charge in [0.05, 0.1) is 16.7 Å². The third kappa shape index (κ3) is 4.43. The third-order valence-corrected chi connectivity index (χ3v) is 6.07. The van der Waals surface area contributed by atoms with E-state index in [2.05, 4.69) is 6.58 Å². The predicted molar refractivity (Wildman–Crippen MR) is 138 cm³/mol. The summed E-state index contributed by atoms with van der Waals surface area (Å²) >= 11 is 0. The van der Waals surface area contributed by atoms with Gasteiger partial charge in [-0.25, -0.2) is 0 Å². The number of hydrogen-bond acceptors (Lipinski definition) is 5. The Labute approximate surface area is 209 Å². The van der Waals surface area contributed by atoms with Crippen LogP contribution in [0.3, 0.4) is 0 Å². The van der Waals surface area contributed by atoms with E-state index < -0.39 is 17.7 Å². The lowest BCUT2D eigenvalue weighted by Crippen LogP contribution is -2.35. The molecule has 0 saturated carbocycles. The Balaban J connectivity index is 1.56. The van der Waals surface area contributed by atoms with Crippen molar-refractivity contribution in [2.75, 3.05) is 11.9 Å². The van der Waals surface area contributed by atoms with E-state index in [1.165, 1.54) is 17.0 Å². The highest BCUT2D eigenvalue weighted by Gasteiger charge is 2.38. The lowest BCUT2D eigenvalue weighted by atomic mass is 9.99. The molecule has 0 spiro atoms. The topological polar surface area (TPSA) is 84.0 Å². The molecule has 7 heteroatoms. The van der Waals surface area contributed by atoms with E-state index >= 15 is 0 Å². The number of aldehydes is 1. The van der Waals surface area contributed by atoms with Gasteiger partial charge < -0.3 is 9.64 Å². The maximum atomic E-state index is 13.3. The fourth-order valence-corrected chi connectivity index (χ4v) is 4.05. The molecule has 0 unspecified atom stereocenters. The fourth-order valence-electron chi connectivity index (χ4n) is 4.05. The quantitative estimate of drug-likeness (QED) is 0.323. The SMILES string of the molecule is C=C(C)c1ccc(Oc2ccc(N(C)C(=O)c3cc4c(cc3C=O)C(=O)N(C(C)C)C4=O)cc2)cc1. The van der Waals surface area contributed by atoms with Crippen LogP contribution < -0.4 is 9.64 Å². The molecule has 3 aromatic rings. The number of rotatable bonds is 7. The molecule has 4 rings (SSSR count). The molecule has 0 bridgehead atoms. The lowest BCUT2D eigenvalue weighted by molar-refractivity contribution is 0.0608. The molecule has 3 aromatic carbocycles. The van der Waals surface area contributed by atoms with Gasteiger partial charge in [0.15, 0.2) is 6.29 Å². The number of hydrogen-bond donors (Lipinski definition) is 0. The zero-order chi connectivity index (χ0) is 26.1. The first-order valence-corrected chi connectivity index (χ1v) is 11.5. The van der Waals surface area contributed by atoms with Gasteiger partial charge in [-0.2, -0.15) is 0 Å². The smallest absolute Gasteiger partial charge is 0.261 e. The van der Waals surface area contributed by atoms with Crippen molar-refractivity contribution in [2.24, 2.45) is 0 Å². The van der Waals surface area contributed by atoms with Crippen LogP contribution in [0.4, 0.5) is 5.69 Å². The molecular formula is C29H26N2O5. The van der Waals surface area contributed by atoms with Gasteiger partial charge in [-0.05, 0) is 74.9 Å². The summed E-state index contributed by atoms with van der Waals surface area (Å²) in [5, 5.41) is 0. The molecule has 0 N–H and O–H groups in total. The molecule has 36 heavy (non-hydrogen) atoms. The normalized spacial score (nSPS) is 12.5. The number of imide groups is 1. The highest BCUT2D eigenvalue weighted by Crippen LogP contribution is 2.30. The first-order valence-electron chi connectivity index (χ1n) is 11.5. The van der Waals surface area contributed by atoms with E-state index in [1.807, 2.05) is 31.2 Å². The maximum absolute atomic E-state index is 13.3. The summed E-state index contributed by atoms with van der Waals surface area (Å²) in [5.41, 5.74) is 2.92. The van der Waals surface area contributed by atoms with Crippen molar-refractivity contribution < 1.29 is 23.9 Å². The largest absolute Gasteiger partial charge is 0.457 e. The summed E-state index contributed by atoms with van der Waals surface area (Å²) in [7, 11) is 1.57. The van der Waals surface area contributed by atoms with Crippen LogP contribution in [0.15, 0.2) is 67.2 Å². The molecule has 0 radical (unpaired) electrons. The summed E-state index contributed by atoms with van der Waals surface area (Å²) < 4.78 is 5.88. The fraction of sp³-hybridized carbons (Fsp3) is 0.172. The van der Waals surface area contributed by atoms with Crippen molar-refractivity contribution in [1.82, 2.24) is 4.90 Å². The Hall–Kier alpha value is -4.52. The van der Waals surface area contributed by atoms with Gasteiger partial charge >= 0.3 is 0 Å². The molecule has 1 heterocycles. The van der Waals surface area contributed by atoms with Gasteiger partial charge in [0, 0.05) is 24.3 Å². The average Bonchev–Trinajstić information content (AvgIpc) is 3.12. The number of ether oxygens (including phenoxy) is 1. The Morgan fingerprint density at radius 2 is 1.47 bits per heavy atom. The molecular weight excluding hydrogens is 456 g/mol. The second kappa shape index (κ2) is 9.62. The number of allylic oxidation sites excluding steroid dienone is 1. The number of amides is 3. The van der Waals surface area contributed by atoms with Gasteiger partial charge in [0.1, 0.15) is 11.5 Å². The predicted octanol–water partition coefficient (Wildman–Crippen LogP) is 5.61. The Morgan fingerprint density at radius 1 is 0.944 bits per heavy atom. The molecule has 1 aliphatic rings. The molecule has 0 aliphatic carbocycles. The van der Waals surface area contributed by atoms with Crippen LogP contribution in [0.1, 0.15) is 67.8 Å². The standard InChI is InChI=1S/C29H26N2O5/c1-17(2)19-6-10-22(11-7-19)36-23-12-8-21(9-13-23)30(5)27(33)24-15-26-25(14-20(24)16-32)28(34)31(18(3)4)29(26)35/h6-16,18H,1H2,2-5H3. The zero-order valence-electron chi connectivity index (χ0n) is 20.6. The van der Waals surface area contributed by atoms with Crippen LogP contribution in [0.2, 0.25) is 0 Å². The summed E-state index contributed by atoms with van der Waals surface area (Å²) in [6, 6.07) is 16.8. The minimum atomic E-state index is -0.479. The average molecular weight is 483 g/mol. The van der Waals surface area contributed by atoms with Crippen molar-refractivity contribution in [3.05, 3.63) is 95.1 Å². The molecule has 1 aliphatic heterocycles. The Bertz CT molecular complexity index is 1390. The Morgan fingerprint density at radius 3 is 1.97 bits per heavy atom. The van der Waals surface area contributed by atoms with E-state index in [0.29, 0.717) is 23.5 Å². The summed E-state index contributed by atoms with van der Waals surface area (Å²) in [4.78, 5) is 53.0. The first kappa shape index (κ1) is 24.6. The number of anilines is 1. The van der Waals surface area contributed by atoms with Gasteiger partial charge in [0.2, 0.25) is 0 Å². The van der Waals surface area contributed by atoms with Crippen molar-refractivity contribution in [2.45, 2.75) is 26.8 Å². The van der Waals surface area contributed by atoms with Gasteiger partial charge in [0.25, 0.3) is 17.7 Å². The van der Waals surface area contributed by atoms with Crippen LogP contribution in [-0.4, -0.2) is 42.0 Å². The Kier molecular flexibility index (Phi) is 6.57. The second-order valence-corrected chi connectivity index (χ2v) is 8.94. The third-order valence-electron chi connectivity index (χ3n) is 6.07. The van der Waals surface area contributed by atoms with Crippen LogP contribution in [-0.2, 0) is 0 Å².